The van der Waals surface area contributed by atoms with Crippen LogP contribution in [0.4, 0.5) is 5.69 Å². The minimum atomic E-state index is 0.222. The number of ether oxygens (including phenoxy) is 1. The zero-order valence-corrected chi connectivity index (χ0v) is 9.12. The molecule has 0 amide bonds. The second-order valence-corrected chi connectivity index (χ2v) is 4.54. The fraction of sp³-hybridized carbons (Fsp3) is 0.385. The first kappa shape index (κ1) is 9.58. The lowest BCUT2D eigenvalue weighted by Gasteiger charge is -2.27. The minimum Gasteiger partial charge on any atom is -0.508 e. The van der Waals surface area contributed by atoms with Gasteiger partial charge < -0.3 is 15.6 Å². The van der Waals surface area contributed by atoms with Gasteiger partial charge in [-0.3, -0.25) is 0 Å². The number of benzene rings is 1. The van der Waals surface area contributed by atoms with Crippen molar-refractivity contribution >= 4 is 5.69 Å². The number of nitrogens with two attached hydrogens (primary N) is 1. The van der Waals surface area contributed by atoms with Crippen LogP contribution in [-0.2, 0) is 6.42 Å². The summed E-state index contributed by atoms with van der Waals surface area (Å²) in [7, 11) is 0. The van der Waals surface area contributed by atoms with Gasteiger partial charge in [-0.2, -0.15) is 0 Å². The Labute approximate surface area is 94.5 Å². The number of aromatic hydroxyl groups is 1. The summed E-state index contributed by atoms with van der Waals surface area (Å²) in [6, 6.07) is 3.30. The molecule has 0 radical (unpaired) electrons. The molecule has 0 atom stereocenters. The molecule has 1 aliphatic carbocycles. The largest absolute Gasteiger partial charge is 0.508 e. The smallest absolute Gasteiger partial charge is 0.153 e. The Hall–Kier alpha value is -1.64. The van der Waals surface area contributed by atoms with E-state index in [1.807, 2.05) is 0 Å². The highest BCUT2D eigenvalue weighted by Gasteiger charge is 2.24. The van der Waals surface area contributed by atoms with Gasteiger partial charge in [0, 0.05) is 24.5 Å². The van der Waals surface area contributed by atoms with E-state index in [-0.39, 0.29) is 5.75 Å². The van der Waals surface area contributed by atoms with E-state index in [1.54, 1.807) is 12.1 Å². The number of hydrogen-bond donors (Lipinski definition) is 2. The summed E-state index contributed by atoms with van der Waals surface area (Å²) in [6.45, 7) is 0. The van der Waals surface area contributed by atoms with E-state index in [0.717, 1.165) is 36.3 Å². The average Bonchev–Trinajstić information content (AvgIpc) is 2.27. The number of rotatable bonds is 0. The van der Waals surface area contributed by atoms with Gasteiger partial charge in [0.2, 0.25) is 0 Å². The van der Waals surface area contributed by atoms with Crippen molar-refractivity contribution in [3.05, 3.63) is 29.0 Å². The quantitative estimate of drug-likeness (QED) is 0.657. The van der Waals surface area contributed by atoms with Crippen molar-refractivity contribution in [3.8, 4) is 11.5 Å². The lowest BCUT2D eigenvalue weighted by Crippen LogP contribution is -2.14. The molecule has 3 heteroatoms. The summed E-state index contributed by atoms with van der Waals surface area (Å²) >= 11 is 0. The van der Waals surface area contributed by atoms with E-state index < -0.39 is 0 Å². The van der Waals surface area contributed by atoms with Crippen molar-refractivity contribution in [2.24, 2.45) is 0 Å². The topological polar surface area (TPSA) is 55.5 Å². The predicted molar refractivity (Wildman–Crippen MR) is 62.3 cm³/mol. The second-order valence-electron chi connectivity index (χ2n) is 4.54. The Morgan fingerprint density at radius 1 is 1.19 bits per heavy atom. The van der Waals surface area contributed by atoms with Gasteiger partial charge in [0.25, 0.3) is 0 Å². The van der Waals surface area contributed by atoms with E-state index >= 15 is 0 Å². The minimum absolute atomic E-state index is 0.222. The molecule has 3 rings (SSSR count). The van der Waals surface area contributed by atoms with Crippen LogP contribution in [0.1, 0.15) is 31.2 Å². The van der Waals surface area contributed by atoms with Crippen molar-refractivity contribution in [3.63, 3.8) is 0 Å². The van der Waals surface area contributed by atoms with Crippen LogP contribution in [0.15, 0.2) is 23.5 Å². The van der Waals surface area contributed by atoms with Gasteiger partial charge in [0.1, 0.15) is 11.5 Å². The van der Waals surface area contributed by atoms with Gasteiger partial charge in [-0.1, -0.05) is 0 Å². The molecule has 0 saturated carbocycles. The molecule has 0 saturated heterocycles. The number of phenols is 1. The lowest BCUT2D eigenvalue weighted by atomic mass is 9.90. The molecule has 3 N–H and O–H groups in total. The van der Waals surface area contributed by atoms with Crippen LogP contribution in [0.5, 0.6) is 11.5 Å². The highest BCUT2D eigenvalue weighted by Crippen LogP contribution is 2.41. The summed E-state index contributed by atoms with van der Waals surface area (Å²) in [4.78, 5) is 0. The summed E-state index contributed by atoms with van der Waals surface area (Å²) in [6.07, 6.45) is 5.46. The van der Waals surface area contributed by atoms with Crippen molar-refractivity contribution in [1.82, 2.24) is 0 Å². The molecule has 0 bridgehead atoms. The maximum absolute atomic E-state index is 9.51. The zero-order chi connectivity index (χ0) is 11.1. The Balaban J connectivity index is 2.04. The molecule has 0 fully saturated rings. The molecule has 1 aliphatic heterocycles. The summed E-state index contributed by atoms with van der Waals surface area (Å²) < 4.78 is 5.87. The zero-order valence-electron chi connectivity index (χ0n) is 9.12. The third-order valence-electron chi connectivity index (χ3n) is 3.34. The van der Waals surface area contributed by atoms with E-state index in [4.69, 9.17) is 10.5 Å². The first-order valence-electron chi connectivity index (χ1n) is 5.74. The first-order chi connectivity index (χ1) is 7.74. The highest BCUT2D eigenvalue weighted by molar-refractivity contribution is 5.63. The van der Waals surface area contributed by atoms with E-state index in [9.17, 15) is 5.11 Å². The molecule has 1 aromatic carbocycles. The molecule has 2 aliphatic rings. The molecule has 0 spiro atoms. The fourth-order valence-corrected chi connectivity index (χ4v) is 2.56. The number of hydrogen-bond acceptors (Lipinski definition) is 3. The number of fused-ring (bicyclic) bond motifs is 1. The maximum atomic E-state index is 9.51. The third-order valence-corrected chi connectivity index (χ3v) is 3.34. The Morgan fingerprint density at radius 2 is 2.00 bits per heavy atom. The second kappa shape index (κ2) is 3.44. The standard InChI is InChI=1S/C13H15NO2/c14-11-7-10(15)6-9-5-8-3-1-2-4-12(8)16-13(9)11/h6-7,15H,1-5,14H2. The highest BCUT2D eigenvalue weighted by atomic mass is 16.5. The number of phenolic OH excluding ortho intramolecular Hbond substituents is 1. The van der Waals surface area contributed by atoms with E-state index in [2.05, 4.69) is 0 Å². The van der Waals surface area contributed by atoms with Gasteiger partial charge in [-0.05, 0) is 30.9 Å². The first-order valence-corrected chi connectivity index (χ1v) is 5.74. The molecular weight excluding hydrogens is 202 g/mol. The molecule has 0 aromatic heterocycles. The van der Waals surface area contributed by atoms with Gasteiger partial charge in [-0.25, -0.2) is 0 Å². The van der Waals surface area contributed by atoms with Crippen LogP contribution in [0.2, 0.25) is 0 Å². The van der Waals surface area contributed by atoms with Crippen molar-refractivity contribution in [2.75, 3.05) is 5.73 Å². The van der Waals surface area contributed by atoms with Crippen molar-refractivity contribution in [1.29, 1.82) is 0 Å². The SMILES string of the molecule is Nc1cc(O)cc2c1OC1=C(CCCC1)C2. The van der Waals surface area contributed by atoms with Crippen LogP contribution >= 0.6 is 0 Å². The van der Waals surface area contributed by atoms with Crippen LogP contribution in [0.25, 0.3) is 0 Å². The number of allylic oxidation sites excluding steroid dienone is 2. The molecule has 1 heterocycles. The van der Waals surface area contributed by atoms with Crippen molar-refractivity contribution < 1.29 is 9.84 Å². The summed E-state index contributed by atoms with van der Waals surface area (Å²) in [5.74, 6) is 2.08. The number of anilines is 1. The Bertz CT molecular complexity index is 477. The monoisotopic (exact) mass is 217 g/mol. The molecule has 16 heavy (non-hydrogen) atoms. The third kappa shape index (κ3) is 1.43. The van der Waals surface area contributed by atoms with Crippen LogP contribution in [0.3, 0.4) is 0 Å². The summed E-state index contributed by atoms with van der Waals surface area (Å²) in [5.41, 5.74) is 8.78. The Kier molecular flexibility index (Phi) is 2.06. The predicted octanol–water partition coefficient (Wildman–Crippen LogP) is 2.74. The van der Waals surface area contributed by atoms with Gasteiger partial charge >= 0.3 is 0 Å². The van der Waals surface area contributed by atoms with E-state index in [0.29, 0.717) is 5.69 Å². The fourth-order valence-electron chi connectivity index (χ4n) is 2.56. The van der Waals surface area contributed by atoms with Crippen LogP contribution in [-0.4, -0.2) is 5.11 Å². The Morgan fingerprint density at radius 3 is 2.88 bits per heavy atom. The number of nitrogen functional groups attached to an aromatic ring is 1. The maximum Gasteiger partial charge on any atom is 0.153 e. The average molecular weight is 217 g/mol. The van der Waals surface area contributed by atoms with E-state index in [1.165, 1.54) is 18.4 Å². The van der Waals surface area contributed by atoms with Gasteiger partial charge in [0.15, 0.2) is 5.75 Å². The van der Waals surface area contributed by atoms with Gasteiger partial charge in [0.05, 0.1) is 5.69 Å². The molecule has 84 valence electrons. The molecular formula is C13H15NO2. The lowest BCUT2D eigenvalue weighted by molar-refractivity contribution is 0.357. The van der Waals surface area contributed by atoms with Gasteiger partial charge in [-0.15, -0.1) is 0 Å². The molecule has 0 unspecified atom stereocenters. The van der Waals surface area contributed by atoms with Crippen molar-refractivity contribution in [2.45, 2.75) is 32.1 Å². The van der Waals surface area contributed by atoms with Crippen LogP contribution in [0, 0.1) is 0 Å². The van der Waals surface area contributed by atoms with Crippen LogP contribution < -0.4 is 10.5 Å². The summed E-state index contributed by atoms with van der Waals surface area (Å²) in [5, 5.41) is 9.51. The molecule has 3 nitrogen and oxygen atoms in total. The molecule has 1 aromatic rings. The normalized spacial score (nSPS) is 18.8.